The number of rotatable bonds is 7. The molecule has 0 saturated carbocycles. The molecule has 27 heavy (non-hydrogen) atoms. The Labute approximate surface area is 165 Å². The summed E-state index contributed by atoms with van der Waals surface area (Å²) >= 11 is 3.33. The van der Waals surface area contributed by atoms with E-state index in [1.807, 2.05) is 58.8 Å². The van der Waals surface area contributed by atoms with Crippen LogP contribution in [0.2, 0.25) is 0 Å². The van der Waals surface area contributed by atoms with Gasteiger partial charge in [-0.05, 0) is 23.8 Å². The number of ether oxygens (including phenoxy) is 1. The topological polar surface area (TPSA) is 52.3 Å². The maximum atomic E-state index is 5.38. The third-order valence-corrected chi connectivity index (χ3v) is 5.82. The van der Waals surface area contributed by atoms with Gasteiger partial charge in [0.2, 0.25) is 4.96 Å². The normalized spacial score (nSPS) is 11.4. The third-order valence-electron chi connectivity index (χ3n) is 3.96. The van der Waals surface area contributed by atoms with E-state index in [9.17, 15) is 0 Å². The van der Waals surface area contributed by atoms with Gasteiger partial charge in [-0.1, -0.05) is 59.9 Å². The van der Waals surface area contributed by atoms with Gasteiger partial charge in [0.15, 0.2) is 5.82 Å². The van der Waals surface area contributed by atoms with Crippen molar-refractivity contribution in [3.63, 3.8) is 0 Å². The number of methoxy groups -OCH3 is 1. The maximum absolute atomic E-state index is 5.38. The zero-order chi connectivity index (χ0) is 18.5. The first-order valence-electron chi connectivity index (χ1n) is 8.47. The average Bonchev–Trinajstić information content (AvgIpc) is 3.28. The number of nitrogens with zero attached hydrogens (tertiary/aromatic N) is 4. The van der Waals surface area contributed by atoms with E-state index in [0.717, 1.165) is 38.6 Å². The molecule has 0 atom stereocenters. The summed E-state index contributed by atoms with van der Waals surface area (Å²) in [5.41, 5.74) is 2.33. The summed E-state index contributed by atoms with van der Waals surface area (Å²) in [5, 5.41) is 14.0. The lowest BCUT2D eigenvalue weighted by molar-refractivity contribution is 0.414. The first-order valence-corrected chi connectivity index (χ1v) is 10.4. The standard InChI is InChI=1S/C20H18N4OS2/c1-25-17-10-6-5-9-16(17)11-12-19-23-24-18(21-22-20(24)27-19)14-26-13-15-7-3-2-4-8-15/h2-12H,13-14H2,1H3. The molecule has 136 valence electrons. The minimum absolute atomic E-state index is 0.773. The average molecular weight is 395 g/mol. The number of hydrogen-bond donors (Lipinski definition) is 0. The number of fused-ring (bicyclic) bond motifs is 1. The summed E-state index contributed by atoms with van der Waals surface area (Å²) in [4.78, 5) is 0.810. The van der Waals surface area contributed by atoms with Crippen LogP contribution in [0.5, 0.6) is 5.75 Å². The van der Waals surface area contributed by atoms with Crippen LogP contribution in [-0.4, -0.2) is 26.9 Å². The molecule has 2 aromatic heterocycles. The maximum Gasteiger partial charge on any atom is 0.234 e. The largest absolute Gasteiger partial charge is 0.496 e. The Bertz CT molecular complexity index is 1060. The fourth-order valence-electron chi connectivity index (χ4n) is 2.63. The molecule has 0 radical (unpaired) electrons. The number of hydrogen-bond acceptors (Lipinski definition) is 6. The van der Waals surface area contributed by atoms with E-state index in [1.54, 1.807) is 7.11 Å². The minimum atomic E-state index is 0.773. The van der Waals surface area contributed by atoms with E-state index in [4.69, 9.17) is 4.74 Å². The van der Waals surface area contributed by atoms with Crippen LogP contribution in [0.15, 0.2) is 54.6 Å². The summed E-state index contributed by atoms with van der Waals surface area (Å²) < 4.78 is 7.22. The Balaban J connectivity index is 1.46. The number of aromatic nitrogens is 4. The van der Waals surface area contributed by atoms with Crippen LogP contribution in [0, 0.1) is 0 Å². The molecular weight excluding hydrogens is 376 g/mol. The van der Waals surface area contributed by atoms with Crippen LogP contribution in [0.3, 0.4) is 0 Å². The van der Waals surface area contributed by atoms with Crippen LogP contribution in [0.25, 0.3) is 17.1 Å². The van der Waals surface area contributed by atoms with E-state index >= 15 is 0 Å². The number of thioether (sulfide) groups is 1. The molecule has 0 bridgehead atoms. The molecular formula is C20H18N4OS2. The van der Waals surface area contributed by atoms with Crippen molar-refractivity contribution in [3.05, 3.63) is 76.6 Å². The molecule has 2 heterocycles. The summed E-state index contributed by atoms with van der Waals surface area (Å²) in [5.74, 6) is 3.43. The van der Waals surface area contributed by atoms with Crippen molar-refractivity contribution in [2.24, 2.45) is 0 Å². The quantitative estimate of drug-likeness (QED) is 0.451. The van der Waals surface area contributed by atoms with Crippen LogP contribution >= 0.6 is 23.1 Å². The van der Waals surface area contributed by atoms with Crippen molar-refractivity contribution in [3.8, 4) is 5.75 Å². The van der Waals surface area contributed by atoms with Gasteiger partial charge in [0.25, 0.3) is 0 Å². The molecule has 4 rings (SSSR count). The van der Waals surface area contributed by atoms with Crippen LogP contribution in [0.4, 0.5) is 0 Å². The lowest BCUT2D eigenvalue weighted by Gasteiger charge is -2.02. The lowest BCUT2D eigenvalue weighted by atomic mass is 10.2. The molecule has 4 aromatic rings. The van der Waals surface area contributed by atoms with E-state index < -0.39 is 0 Å². The van der Waals surface area contributed by atoms with Crippen molar-refractivity contribution < 1.29 is 4.74 Å². The van der Waals surface area contributed by atoms with Gasteiger partial charge in [0, 0.05) is 11.3 Å². The lowest BCUT2D eigenvalue weighted by Crippen LogP contribution is -1.94. The minimum Gasteiger partial charge on any atom is -0.496 e. The smallest absolute Gasteiger partial charge is 0.234 e. The zero-order valence-electron chi connectivity index (χ0n) is 14.8. The van der Waals surface area contributed by atoms with Crippen molar-refractivity contribution in [2.45, 2.75) is 11.5 Å². The SMILES string of the molecule is COc1ccccc1C=Cc1nn2c(CSCc3ccccc3)nnc2s1. The molecule has 2 aromatic carbocycles. The van der Waals surface area contributed by atoms with Crippen LogP contribution in [-0.2, 0) is 11.5 Å². The van der Waals surface area contributed by atoms with E-state index in [0.29, 0.717) is 0 Å². The van der Waals surface area contributed by atoms with Gasteiger partial charge in [0.1, 0.15) is 10.8 Å². The van der Waals surface area contributed by atoms with E-state index in [1.165, 1.54) is 16.9 Å². The number of para-hydroxylation sites is 1. The highest BCUT2D eigenvalue weighted by Crippen LogP contribution is 2.23. The van der Waals surface area contributed by atoms with Crippen molar-refractivity contribution >= 4 is 40.2 Å². The van der Waals surface area contributed by atoms with Gasteiger partial charge in [-0.15, -0.1) is 22.0 Å². The predicted molar refractivity (Wildman–Crippen MR) is 112 cm³/mol. The van der Waals surface area contributed by atoms with E-state index in [-0.39, 0.29) is 0 Å². The second-order valence-corrected chi connectivity index (χ2v) is 7.78. The Hall–Kier alpha value is -2.64. The Morgan fingerprint density at radius 2 is 1.81 bits per heavy atom. The highest BCUT2D eigenvalue weighted by atomic mass is 32.2. The zero-order valence-corrected chi connectivity index (χ0v) is 16.4. The molecule has 0 aliphatic heterocycles. The monoisotopic (exact) mass is 394 g/mol. The highest BCUT2D eigenvalue weighted by molar-refractivity contribution is 7.97. The first kappa shape index (κ1) is 17.8. The molecule has 0 N–H and O–H groups in total. The summed E-state index contributed by atoms with van der Waals surface area (Å²) in [6.45, 7) is 0. The van der Waals surface area contributed by atoms with Gasteiger partial charge in [-0.2, -0.15) is 9.61 Å². The van der Waals surface area contributed by atoms with Gasteiger partial charge >= 0.3 is 0 Å². The van der Waals surface area contributed by atoms with Gasteiger partial charge in [0.05, 0.1) is 12.9 Å². The molecule has 0 fully saturated rings. The third kappa shape index (κ3) is 4.20. The molecule has 0 spiro atoms. The Morgan fingerprint density at radius 1 is 1.00 bits per heavy atom. The summed E-state index contributed by atoms with van der Waals surface area (Å²) in [6, 6.07) is 18.3. The second kappa shape index (κ2) is 8.37. The molecule has 0 saturated heterocycles. The van der Waals surface area contributed by atoms with Gasteiger partial charge in [-0.3, -0.25) is 0 Å². The molecule has 0 unspecified atom stereocenters. The first-order chi connectivity index (χ1) is 13.3. The van der Waals surface area contributed by atoms with Crippen LogP contribution < -0.4 is 4.74 Å². The molecule has 0 aliphatic carbocycles. The van der Waals surface area contributed by atoms with Gasteiger partial charge in [-0.25, -0.2) is 0 Å². The fraction of sp³-hybridized carbons (Fsp3) is 0.150. The van der Waals surface area contributed by atoms with Crippen molar-refractivity contribution in [1.82, 2.24) is 19.8 Å². The van der Waals surface area contributed by atoms with E-state index in [2.05, 4.69) is 39.6 Å². The molecule has 5 nitrogen and oxygen atoms in total. The Kier molecular flexibility index (Phi) is 5.50. The van der Waals surface area contributed by atoms with Gasteiger partial charge < -0.3 is 4.74 Å². The Morgan fingerprint density at radius 3 is 2.67 bits per heavy atom. The fourth-order valence-corrected chi connectivity index (χ4v) is 4.28. The molecule has 0 amide bonds. The molecule has 7 heteroatoms. The summed E-state index contributed by atoms with van der Waals surface area (Å²) in [7, 11) is 1.68. The number of benzene rings is 2. The second-order valence-electron chi connectivity index (χ2n) is 5.80. The summed E-state index contributed by atoms with van der Waals surface area (Å²) in [6.07, 6.45) is 3.99. The van der Waals surface area contributed by atoms with Crippen molar-refractivity contribution in [1.29, 1.82) is 0 Å². The highest BCUT2D eigenvalue weighted by Gasteiger charge is 2.10. The van der Waals surface area contributed by atoms with Crippen molar-refractivity contribution in [2.75, 3.05) is 7.11 Å². The molecule has 0 aliphatic rings. The van der Waals surface area contributed by atoms with Crippen LogP contribution in [0.1, 0.15) is 22.0 Å². The predicted octanol–water partition coefficient (Wildman–Crippen LogP) is 4.80.